The number of methoxy groups -OCH3 is 1. The summed E-state index contributed by atoms with van der Waals surface area (Å²) < 4.78 is 5.22. The van der Waals surface area contributed by atoms with Crippen LogP contribution in [-0.4, -0.2) is 30.2 Å². The molecule has 3 nitrogen and oxygen atoms in total. The normalized spacial score (nSPS) is 14.7. The van der Waals surface area contributed by atoms with E-state index in [4.69, 9.17) is 23.3 Å². The number of phenolic OH excluding ortho intramolecular Hbond substituents is 1. The molecule has 0 saturated carbocycles. The Kier molecular flexibility index (Phi) is 10.4. The Morgan fingerprint density at radius 3 is 2.38 bits per heavy atom. The zero-order valence-corrected chi connectivity index (χ0v) is 18.9. The van der Waals surface area contributed by atoms with E-state index in [-0.39, 0.29) is 5.75 Å². The van der Waals surface area contributed by atoms with E-state index in [0.29, 0.717) is 14.3 Å². The van der Waals surface area contributed by atoms with Crippen LogP contribution < -0.4 is 15.3 Å². The number of hydrogen-bond acceptors (Lipinski definition) is 3. The van der Waals surface area contributed by atoms with E-state index in [0.717, 1.165) is 11.8 Å². The van der Waals surface area contributed by atoms with Crippen LogP contribution in [0.2, 0.25) is 0 Å². The summed E-state index contributed by atoms with van der Waals surface area (Å²) in [6, 6.07) is 14.3. The number of para-hydroxylation sites is 1. The van der Waals surface area contributed by atoms with Gasteiger partial charge in [-0.25, -0.2) is 0 Å². The van der Waals surface area contributed by atoms with Gasteiger partial charge < -0.3 is 9.84 Å². The first-order valence-electron chi connectivity index (χ1n) is 8.59. The molecule has 0 aromatic heterocycles. The van der Waals surface area contributed by atoms with Crippen LogP contribution in [0.15, 0.2) is 42.5 Å². The molecule has 26 heavy (non-hydrogen) atoms. The number of likely N-dealkylation sites (tertiary alicyclic amines) is 1. The Morgan fingerprint density at radius 1 is 1.04 bits per heavy atom. The van der Waals surface area contributed by atoms with E-state index in [1.165, 1.54) is 43.2 Å². The third-order valence-corrected chi connectivity index (χ3v) is 5.78. The molecule has 1 unspecified atom stereocenters. The maximum absolute atomic E-state index is 10.3. The second-order valence-corrected chi connectivity index (χ2v) is 9.95. The van der Waals surface area contributed by atoms with Crippen molar-refractivity contribution in [1.29, 1.82) is 0 Å². The molecule has 1 heterocycles. The van der Waals surface area contributed by atoms with Crippen LogP contribution in [0.4, 0.5) is 0 Å². The summed E-state index contributed by atoms with van der Waals surface area (Å²) in [4.78, 5) is 2.54. The van der Waals surface area contributed by atoms with Crippen LogP contribution in [0, 0.1) is 0 Å². The molecule has 1 atom stereocenters. The van der Waals surface area contributed by atoms with Crippen molar-refractivity contribution in [1.82, 2.24) is 4.90 Å². The van der Waals surface area contributed by atoms with E-state index in [1.807, 2.05) is 12.1 Å². The fourth-order valence-corrected chi connectivity index (χ4v) is 4.29. The summed E-state index contributed by atoms with van der Waals surface area (Å²) in [7, 11) is 11.8. The number of phenols is 1. The van der Waals surface area contributed by atoms with E-state index in [9.17, 15) is 5.11 Å². The van der Waals surface area contributed by atoms with Gasteiger partial charge in [0.2, 0.25) is 0 Å². The molecule has 1 aliphatic heterocycles. The molecule has 1 fully saturated rings. The third-order valence-electron chi connectivity index (χ3n) is 4.35. The summed E-state index contributed by atoms with van der Waals surface area (Å²) in [5.74, 6) is 0.810. The van der Waals surface area contributed by atoms with Crippen molar-refractivity contribution in [3.05, 3.63) is 48.0 Å². The molecule has 2 aromatic rings. The molecule has 0 spiro atoms. The van der Waals surface area contributed by atoms with Gasteiger partial charge in [-0.15, -0.1) is 0 Å². The molecule has 0 radical (unpaired) electrons. The van der Waals surface area contributed by atoms with Crippen LogP contribution in [0.1, 0.15) is 24.8 Å². The Labute approximate surface area is 174 Å². The molecule has 140 valence electrons. The topological polar surface area (TPSA) is 32.7 Å². The van der Waals surface area contributed by atoms with Gasteiger partial charge >= 0.3 is 35.6 Å². The number of hydrogen-bond donors (Lipinski definition) is 1. The maximum atomic E-state index is 10.3. The number of ether oxygens (including phenoxy) is 1. The Bertz CT molecular complexity index is 684. The van der Waals surface area contributed by atoms with Crippen molar-refractivity contribution in [2.45, 2.75) is 25.8 Å². The first kappa shape index (κ1) is 22.0. The fourth-order valence-electron chi connectivity index (χ4n) is 3.07. The van der Waals surface area contributed by atoms with Crippen molar-refractivity contribution in [2.24, 2.45) is 0 Å². The van der Waals surface area contributed by atoms with Crippen molar-refractivity contribution in [3.63, 3.8) is 0 Å². The molecule has 0 aliphatic carbocycles. The predicted molar refractivity (Wildman–Crippen MR) is 110 cm³/mol. The first-order valence-corrected chi connectivity index (χ1v) is 13.9. The zero-order chi connectivity index (χ0) is 18.8. The number of benzene rings is 2. The van der Waals surface area contributed by atoms with E-state index in [1.54, 1.807) is 13.2 Å². The SMILES string of the molecule is COc1cccc(Pc2ccccc2CN2CCCCC2)c1O.[Cl][Ti][Cl]. The van der Waals surface area contributed by atoms with E-state index in [2.05, 4.69) is 29.2 Å². The molecule has 7 heteroatoms. The van der Waals surface area contributed by atoms with Gasteiger partial charge in [0.25, 0.3) is 0 Å². The third kappa shape index (κ3) is 6.71. The molecule has 1 N–H and O–H groups in total. The van der Waals surface area contributed by atoms with Crippen LogP contribution in [-0.2, 0) is 23.6 Å². The Hall–Kier alpha value is -0.276. The number of halogens is 2. The zero-order valence-electron chi connectivity index (χ0n) is 14.8. The van der Waals surface area contributed by atoms with Crippen molar-refractivity contribution < 1.29 is 26.9 Å². The molecule has 1 saturated heterocycles. The second kappa shape index (κ2) is 12.2. The Morgan fingerprint density at radius 2 is 1.69 bits per heavy atom. The number of aromatic hydroxyl groups is 1. The molecular formula is C19H24Cl2NO2PTi. The predicted octanol–water partition coefficient (Wildman–Crippen LogP) is 4.39. The number of nitrogens with zero attached hydrogens (tertiary/aromatic N) is 1. The van der Waals surface area contributed by atoms with E-state index < -0.39 is 17.0 Å². The van der Waals surface area contributed by atoms with Gasteiger partial charge in [-0.05, 0) is 42.9 Å². The van der Waals surface area contributed by atoms with Crippen LogP contribution in [0.3, 0.4) is 0 Å². The summed E-state index contributed by atoms with van der Waals surface area (Å²) in [5.41, 5.74) is 1.37. The van der Waals surface area contributed by atoms with Gasteiger partial charge in [0, 0.05) is 11.8 Å². The van der Waals surface area contributed by atoms with Gasteiger partial charge in [0.05, 0.1) is 7.11 Å². The number of piperidine rings is 1. The summed E-state index contributed by atoms with van der Waals surface area (Å²) in [6.45, 7) is 3.40. The van der Waals surface area contributed by atoms with Gasteiger partial charge in [-0.3, -0.25) is 4.90 Å². The molecular weight excluding hydrogens is 424 g/mol. The first-order chi connectivity index (χ1) is 12.7. The van der Waals surface area contributed by atoms with Crippen molar-refractivity contribution >= 4 is 37.8 Å². The molecule has 2 aromatic carbocycles. The summed E-state index contributed by atoms with van der Waals surface area (Å²) in [6.07, 6.45) is 3.97. The van der Waals surface area contributed by atoms with Gasteiger partial charge in [0.15, 0.2) is 11.5 Å². The minimum atomic E-state index is -0.556. The van der Waals surface area contributed by atoms with Crippen LogP contribution in [0.25, 0.3) is 0 Å². The molecule has 0 bridgehead atoms. The van der Waals surface area contributed by atoms with E-state index >= 15 is 0 Å². The molecule has 3 rings (SSSR count). The van der Waals surface area contributed by atoms with Crippen LogP contribution >= 0.6 is 27.2 Å². The average Bonchev–Trinajstić information content (AvgIpc) is 2.66. The molecule has 1 aliphatic rings. The standard InChI is InChI=1S/C19H24NO2P.2ClH.Ti/c1-22-16-9-7-11-18(19(16)21)23-17-10-4-3-8-15(17)14-20-12-5-2-6-13-20;;;/h3-4,7-11,21,23H,2,5-6,12-14H2,1H3;2*1H;/q;;;+2/p-2. The Balaban J connectivity index is 0.000000758. The number of rotatable bonds is 5. The monoisotopic (exact) mass is 447 g/mol. The van der Waals surface area contributed by atoms with Gasteiger partial charge in [-0.2, -0.15) is 0 Å². The molecule has 0 amide bonds. The second-order valence-electron chi connectivity index (χ2n) is 6.05. The van der Waals surface area contributed by atoms with Crippen LogP contribution in [0.5, 0.6) is 11.5 Å². The summed E-state index contributed by atoms with van der Waals surface area (Å²) >= 11 is -0.556. The summed E-state index contributed by atoms with van der Waals surface area (Å²) in [5, 5.41) is 12.6. The fraction of sp³-hybridized carbons (Fsp3) is 0.368. The minimum absolute atomic E-state index is 0.265. The van der Waals surface area contributed by atoms with Crippen molar-refractivity contribution in [3.8, 4) is 11.5 Å². The average molecular weight is 448 g/mol. The van der Waals surface area contributed by atoms with Gasteiger partial charge in [-0.1, -0.05) is 51.4 Å². The van der Waals surface area contributed by atoms with Crippen molar-refractivity contribution in [2.75, 3.05) is 20.2 Å². The quantitative estimate of drug-likeness (QED) is 0.544. The van der Waals surface area contributed by atoms with Gasteiger partial charge in [0.1, 0.15) is 0 Å².